The number of carbonyl (C=O) groups is 1. The molecule has 0 spiro atoms. The molecule has 1 aliphatic rings. The molecular formula is C16H21F3N2O3. The second kappa shape index (κ2) is 7.94. The molecule has 2 heterocycles. The smallest absolute Gasteiger partial charge is 0.380 e. The van der Waals surface area contributed by atoms with Gasteiger partial charge in [0.05, 0.1) is 12.2 Å². The minimum atomic E-state index is -4.64. The Balaban J connectivity index is 2.30. The Kier molecular flexibility index (Phi) is 6.17. The average molecular weight is 346 g/mol. The summed E-state index contributed by atoms with van der Waals surface area (Å²) in [7, 11) is 0. The number of aromatic nitrogens is 1. The van der Waals surface area contributed by atoms with Crippen LogP contribution in [0, 0.1) is 0 Å². The van der Waals surface area contributed by atoms with Crippen molar-refractivity contribution in [2.75, 3.05) is 32.8 Å². The van der Waals surface area contributed by atoms with Crippen molar-refractivity contribution in [1.82, 2.24) is 9.47 Å². The highest BCUT2D eigenvalue weighted by molar-refractivity contribution is 5.95. The van der Waals surface area contributed by atoms with E-state index in [1.807, 2.05) is 4.90 Å². The molecule has 134 valence electrons. The number of halogens is 3. The predicted molar refractivity (Wildman–Crippen MR) is 82.2 cm³/mol. The van der Waals surface area contributed by atoms with Crippen molar-refractivity contribution >= 4 is 5.78 Å². The molecule has 0 amide bonds. The van der Waals surface area contributed by atoms with Crippen LogP contribution in [0.4, 0.5) is 13.2 Å². The van der Waals surface area contributed by atoms with Crippen molar-refractivity contribution < 1.29 is 22.7 Å². The van der Waals surface area contributed by atoms with Crippen molar-refractivity contribution in [3.8, 4) is 0 Å². The molecule has 0 radical (unpaired) electrons. The van der Waals surface area contributed by atoms with Crippen molar-refractivity contribution in [2.45, 2.75) is 32.5 Å². The number of hydrogen-bond acceptors (Lipinski definition) is 4. The number of alkyl halides is 3. The minimum absolute atomic E-state index is 0.0735. The summed E-state index contributed by atoms with van der Waals surface area (Å²) in [6, 6.07) is 1.79. The molecule has 2 rings (SSSR count). The van der Waals surface area contributed by atoms with E-state index in [1.165, 1.54) is 0 Å². The van der Waals surface area contributed by atoms with Crippen molar-refractivity contribution in [3.63, 3.8) is 0 Å². The van der Waals surface area contributed by atoms with E-state index < -0.39 is 23.2 Å². The van der Waals surface area contributed by atoms with Crippen LogP contribution in [0.5, 0.6) is 0 Å². The van der Waals surface area contributed by atoms with E-state index in [0.29, 0.717) is 37.4 Å². The highest BCUT2D eigenvalue weighted by Gasteiger charge is 2.35. The number of pyridine rings is 1. The average Bonchev–Trinajstić information content (AvgIpc) is 2.80. The fourth-order valence-electron chi connectivity index (χ4n) is 2.71. The quantitative estimate of drug-likeness (QED) is 0.767. The summed E-state index contributed by atoms with van der Waals surface area (Å²) in [6.45, 7) is 4.24. The van der Waals surface area contributed by atoms with Gasteiger partial charge in [-0.25, -0.2) is 0 Å². The van der Waals surface area contributed by atoms with Crippen LogP contribution < -0.4 is 5.56 Å². The zero-order valence-corrected chi connectivity index (χ0v) is 13.6. The van der Waals surface area contributed by atoms with Crippen molar-refractivity contribution in [3.05, 3.63) is 33.7 Å². The Morgan fingerprint density at radius 3 is 2.62 bits per heavy atom. The van der Waals surface area contributed by atoms with E-state index in [1.54, 1.807) is 6.92 Å². The predicted octanol–water partition coefficient (Wildman–Crippen LogP) is 2.18. The van der Waals surface area contributed by atoms with Crippen LogP contribution in [0.1, 0.15) is 35.8 Å². The van der Waals surface area contributed by atoms with E-state index in [4.69, 9.17) is 4.74 Å². The Morgan fingerprint density at radius 2 is 1.96 bits per heavy atom. The lowest BCUT2D eigenvalue weighted by Gasteiger charge is -2.22. The highest BCUT2D eigenvalue weighted by Crippen LogP contribution is 2.28. The maximum atomic E-state index is 13.2. The molecule has 24 heavy (non-hydrogen) atoms. The second-order valence-electron chi connectivity index (χ2n) is 5.67. The van der Waals surface area contributed by atoms with Crippen LogP contribution in [0.15, 0.2) is 16.9 Å². The van der Waals surface area contributed by atoms with Gasteiger partial charge in [0.15, 0.2) is 5.78 Å². The molecule has 8 heteroatoms. The standard InChI is InChI=1S/C16H21F3N2O3/c1-2-13(22)12-4-5-14(16(17,18)19)21(15(12)23)8-7-20-6-3-10-24-11-9-20/h4-5H,2-3,6-11H2,1H3. The zero-order valence-electron chi connectivity index (χ0n) is 13.6. The summed E-state index contributed by atoms with van der Waals surface area (Å²) in [5.41, 5.74) is -2.08. The normalized spacial score (nSPS) is 16.8. The number of ketones is 1. The third-order valence-electron chi connectivity index (χ3n) is 4.04. The summed E-state index contributed by atoms with van der Waals surface area (Å²) >= 11 is 0. The summed E-state index contributed by atoms with van der Waals surface area (Å²) in [6.07, 6.45) is -3.77. The van der Waals surface area contributed by atoms with Crippen LogP contribution >= 0.6 is 0 Å². The maximum absolute atomic E-state index is 13.2. The van der Waals surface area contributed by atoms with Gasteiger partial charge in [0, 0.05) is 39.2 Å². The number of carbonyl (C=O) groups excluding carboxylic acids is 1. The molecule has 0 unspecified atom stereocenters. The van der Waals surface area contributed by atoms with Crippen LogP contribution in [-0.2, 0) is 17.5 Å². The fraction of sp³-hybridized carbons (Fsp3) is 0.625. The van der Waals surface area contributed by atoms with E-state index in [0.717, 1.165) is 18.6 Å². The molecule has 1 aromatic heterocycles. The maximum Gasteiger partial charge on any atom is 0.431 e. The van der Waals surface area contributed by atoms with E-state index >= 15 is 0 Å². The van der Waals surface area contributed by atoms with Gasteiger partial charge in [-0.05, 0) is 18.6 Å². The summed E-state index contributed by atoms with van der Waals surface area (Å²) in [4.78, 5) is 26.1. The summed E-state index contributed by atoms with van der Waals surface area (Å²) < 4.78 is 45.6. The molecule has 0 saturated carbocycles. The van der Waals surface area contributed by atoms with Gasteiger partial charge >= 0.3 is 6.18 Å². The number of hydrogen-bond donors (Lipinski definition) is 0. The molecule has 0 aliphatic carbocycles. The minimum Gasteiger partial charge on any atom is -0.380 e. The molecule has 0 atom stereocenters. The highest BCUT2D eigenvalue weighted by atomic mass is 19.4. The molecular weight excluding hydrogens is 325 g/mol. The van der Waals surface area contributed by atoms with E-state index in [2.05, 4.69) is 0 Å². The first kappa shape index (κ1) is 18.7. The Bertz CT molecular complexity index is 632. The lowest BCUT2D eigenvalue weighted by molar-refractivity contribution is -0.144. The Labute approximate surface area is 138 Å². The van der Waals surface area contributed by atoms with Crippen LogP contribution in [-0.4, -0.2) is 48.1 Å². The van der Waals surface area contributed by atoms with Crippen LogP contribution in [0.3, 0.4) is 0 Å². The molecule has 1 aromatic rings. The summed E-state index contributed by atoms with van der Waals surface area (Å²) in [5.74, 6) is -0.453. The third-order valence-corrected chi connectivity index (χ3v) is 4.04. The number of Topliss-reactive ketones (excluding diaryl/α,β-unsaturated/α-hetero) is 1. The first-order chi connectivity index (χ1) is 11.3. The molecule has 1 saturated heterocycles. The van der Waals surface area contributed by atoms with Crippen molar-refractivity contribution in [1.29, 1.82) is 0 Å². The first-order valence-electron chi connectivity index (χ1n) is 7.99. The van der Waals surface area contributed by atoms with Gasteiger partial charge in [0.1, 0.15) is 5.69 Å². The molecule has 0 bridgehead atoms. The van der Waals surface area contributed by atoms with E-state index in [9.17, 15) is 22.8 Å². The monoisotopic (exact) mass is 346 g/mol. The van der Waals surface area contributed by atoms with Gasteiger partial charge in [0.2, 0.25) is 0 Å². The largest absolute Gasteiger partial charge is 0.431 e. The molecule has 1 aliphatic heterocycles. The van der Waals surface area contributed by atoms with Gasteiger partial charge in [-0.1, -0.05) is 6.92 Å². The van der Waals surface area contributed by atoms with Gasteiger partial charge in [-0.2, -0.15) is 13.2 Å². The SMILES string of the molecule is CCC(=O)c1ccc(C(F)(F)F)n(CCN2CCCOCC2)c1=O. The lowest BCUT2D eigenvalue weighted by atomic mass is 10.1. The number of rotatable bonds is 5. The Hall–Kier alpha value is -1.67. The number of nitrogens with zero attached hydrogens (tertiary/aromatic N) is 2. The molecule has 5 nitrogen and oxygen atoms in total. The first-order valence-corrected chi connectivity index (χ1v) is 7.99. The second-order valence-corrected chi connectivity index (χ2v) is 5.67. The van der Waals surface area contributed by atoms with Gasteiger partial charge in [-0.15, -0.1) is 0 Å². The topological polar surface area (TPSA) is 51.5 Å². The van der Waals surface area contributed by atoms with Crippen LogP contribution in [0.2, 0.25) is 0 Å². The van der Waals surface area contributed by atoms with Crippen LogP contribution in [0.25, 0.3) is 0 Å². The third kappa shape index (κ3) is 4.45. The molecule has 0 N–H and O–H groups in total. The molecule has 1 fully saturated rings. The lowest BCUT2D eigenvalue weighted by Crippen LogP contribution is -2.37. The van der Waals surface area contributed by atoms with Gasteiger partial charge in [0.25, 0.3) is 5.56 Å². The van der Waals surface area contributed by atoms with E-state index in [-0.39, 0.29) is 18.5 Å². The fourth-order valence-corrected chi connectivity index (χ4v) is 2.71. The van der Waals surface area contributed by atoms with Crippen molar-refractivity contribution in [2.24, 2.45) is 0 Å². The summed E-state index contributed by atoms with van der Waals surface area (Å²) in [5, 5.41) is 0. The Morgan fingerprint density at radius 1 is 1.21 bits per heavy atom. The van der Waals surface area contributed by atoms with Gasteiger partial charge < -0.3 is 9.30 Å². The van der Waals surface area contributed by atoms with Gasteiger partial charge in [-0.3, -0.25) is 14.5 Å². The molecule has 0 aromatic carbocycles. The zero-order chi connectivity index (χ0) is 17.7. The number of ether oxygens (including phenoxy) is 1.